The first-order valence-electron chi connectivity index (χ1n) is 9.46. The highest BCUT2D eigenvalue weighted by molar-refractivity contribution is 5.78. The molecule has 9 N–H and O–H groups in total. The molecule has 0 saturated carbocycles. The molecule has 1 aromatic heterocycles. The number of nitrogens with zero attached hydrogens (tertiary/aromatic N) is 2. The predicted molar refractivity (Wildman–Crippen MR) is 118 cm³/mol. The Balaban J connectivity index is 1.60. The van der Waals surface area contributed by atoms with Crippen molar-refractivity contribution >= 4 is 29.2 Å². The molecule has 1 saturated heterocycles. The molecule has 9 nitrogen and oxygen atoms in total. The Hall–Kier alpha value is -3.30. The number of anilines is 4. The average molecular weight is 396 g/mol. The molecule has 9 heteroatoms. The minimum absolute atomic E-state index is 0.319. The van der Waals surface area contributed by atoms with Gasteiger partial charge >= 0.3 is 0 Å². The SMILES string of the molecule is N=C/C(=C\NCc1ccc(N2CCOCC2)cc1)Cc1cc(N)nc(NN)c1N. The summed E-state index contributed by atoms with van der Waals surface area (Å²) in [5.41, 5.74) is 18.6. The van der Waals surface area contributed by atoms with Crippen molar-refractivity contribution in [1.29, 1.82) is 5.41 Å². The molecular weight excluding hydrogens is 368 g/mol. The Morgan fingerprint density at radius 1 is 1.21 bits per heavy atom. The van der Waals surface area contributed by atoms with Crippen LogP contribution in [0, 0.1) is 5.41 Å². The van der Waals surface area contributed by atoms with E-state index in [1.807, 2.05) is 6.20 Å². The van der Waals surface area contributed by atoms with Gasteiger partial charge in [-0.3, -0.25) is 0 Å². The molecule has 0 spiro atoms. The average Bonchev–Trinajstić information content (AvgIpc) is 2.76. The van der Waals surface area contributed by atoms with Gasteiger partial charge in [-0.15, -0.1) is 0 Å². The molecule has 0 atom stereocenters. The van der Waals surface area contributed by atoms with Gasteiger partial charge in [-0.1, -0.05) is 12.1 Å². The molecule has 2 heterocycles. The quantitative estimate of drug-likeness (QED) is 0.221. The maximum atomic E-state index is 7.68. The first-order chi connectivity index (χ1) is 14.1. The standard InChI is InChI=1S/C20H28N8O/c21-11-15(9-16-10-18(22)26-20(27-24)19(16)23)13-25-12-14-1-3-17(4-2-14)28-5-7-29-8-6-28/h1-4,10-11,13,21,25H,5-9,12,23-24H2,(H3,22,26,27)/b15-13-,21-11?. The van der Waals surface area contributed by atoms with Crippen LogP contribution in [-0.2, 0) is 17.7 Å². The zero-order valence-corrected chi connectivity index (χ0v) is 16.3. The van der Waals surface area contributed by atoms with Gasteiger partial charge in [0.05, 0.1) is 18.9 Å². The number of nitrogens with one attached hydrogen (secondary N) is 3. The van der Waals surface area contributed by atoms with Crippen LogP contribution in [0.5, 0.6) is 0 Å². The van der Waals surface area contributed by atoms with Gasteiger partial charge in [0.15, 0.2) is 5.82 Å². The van der Waals surface area contributed by atoms with Gasteiger partial charge < -0.3 is 37.3 Å². The van der Waals surface area contributed by atoms with Crippen LogP contribution < -0.4 is 33.0 Å². The number of morpholine rings is 1. The van der Waals surface area contributed by atoms with Gasteiger partial charge in [0.25, 0.3) is 0 Å². The maximum Gasteiger partial charge on any atom is 0.165 e. The summed E-state index contributed by atoms with van der Waals surface area (Å²) in [6.07, 6.45) is 3.55. The molecule has 1 fully saturated rings. The predicted octanol–water partition coefficient (Wildman–Crippen LogP) is 1.23. The highest BCUT2D eigenvalue weighted by atomic mass is 16.5. The van der Waals surface area contributed by atoms with Crippen LogP contribution in [0.3, 0.4) is 0 Å². The Bertz CT molecular complexity index is 860. The Labute approximate surface area is 170 Å². The van der Waals surface area contributed by atoms with E-state index in [2.05, 4.69) is 44.9 Å². The second-order valence-corrected chi connectivity index (χ2v) is 6.80. The summed E-state index contributed by atoms with van der Waals surface area (Å²) in [5, 5.41) is 10.9. The normalized spacial score (nSPS) is 14.5. The van der Waals surface area contributed by atoms with Gasteiger partial charge in [0.1, 0.15) is 5.82 Å². The molecule has 3 rings (SSSR count). The first-order valence-corrected chi connectivity index (χ1v) is 9.46. The van der Waals surface area contributed by atoms with Crippen molar-refractivity contribution in [2.45, 2.75) is 13.0 Å². The third-order valence-electron chi connectivity index (χ3n) is 4.79. The second kappa shape index (κ2) is 9.76. The number of rotatable bonds is 8. The molecule has 1 aliphatic heterocycles. The molecule has 0 amide bonds. The zero-order valence-electron chi connectivity index (χ0n) is 16.3. The van der Waals surface area contributed by atoms with E-state index >= 15 is 0 Å². The monoisotopic (exact) mass is 396 g/mol. The number of hydrazine groups is 1. The van der Waals surface area contributed by atoms with Gasteiger partial charge in [0.2, 0.25) is 0 Å². The fraction of sp³-hybridized carbons (Fsp3) is 0.300. The van der Waals surface area contributed by atoms with Crippen LogP contribution in [0.25, 0.3) is 0 Å². The molecule has 29 heavy (non-hydrogen) atoms. The van der Waals surface area contributed by atoms with E-state index in [-0.39, 0.29) is 0 Å². The number of hydrogen-bond donors (Lipinski definition) is 6. The lowest BCUT2D eigenvalue weighted by atomic mass is 10.1. The minimum atomic E-state index is 0.319. The maximum absolute atomic E-state index is 7.68. The van der Waals surface area contributed by atoms with Crippen molar-refractivity contribution in [3.05, 3.63) is 53.2 Å². The van der Waals surface area contributed by atoms with Gasteiger partial charge in [-0.25, -0.2) is 10.8 Å². The van der Waals surface area contributed by atoms with E-state index in [0.717, 1.165) is 43.0 Å². The van der Waals surface area contributed by atoms with Crippen LogP contribution in [0.4, 0.5) is 23.0 Å². The molecule has 0 aliphatic carbocycles. The summed E-state index contributed by atoms with van der Waals surface area (Å²) in [4.78, 5) is 6.36. The number of benzene rings is 1. The summed E-state index contributed by atoms with van der Waals surface area (Å²) in [7, 11) is 0. The van der Waals surface area contributed by atoms with Gasteiger partial charge in [-0.05, 0) is 34.9 Å². The van der Waals surface area contributed by atoms with Crippen molar-refractivity contribution in [3.8, 4) is 0 Å². The summed E-state index contributed by atoms with van der Waals surface area (Å²) in [5.74, 6) is 6.08. The van der Waals surface area contributed by atoms with Crippen molar-refractivity contribution in [1.82, 2.24) is 10.3 Å². The number of allylic oxidation sites excluding steroid dienone is 1. The largest absolute Gasteiger partial charge is 0.395 e. The fourth-order valence-corrected chi connectivity index (χ4v) is 3.20. The Morgan fingerprint density at radius 3 is 2.59 bits per heavy atom. The van der Waals surface area contributed by atoms with Crippen LogP contribution in [-0.4, -0.2) is 37.5 Å². The molecular formula is C20H28N8O. The van der Waals surface area contributed by atoms with Gasteiger partial charge in [-0.2, -0.15) is 0 Å². The molecule has 154 valence electrons. The minimum Gasteiger partial charge on any atom is -0.395 e. The molecule has 1 aromatic carbocycles. The third kappa shape index (κ3) is 5.37. The summed E-state index contributed by atoms with van der Waals surface area (Å²) in [6, 6.07) is 10.2. The van der Waals surface area contributed by atoms with E-state index in [1.165, 1.54) is 11.9 Å². The van der Waals surface area contributed by atoms with Gasteiger partial charge in [0, 0.05) is 44.2 Å². The number of nitrogen functional groups attached to an aromatic ring is 3. The Kier molecular flexibility index (Phi) is 6.88. The lowest BCUT2D eigenvalue weighted by molar-refractivity contribution is 0.122. The smallest absolute Gasteiger partial charge is 0.165 e. The zero-order chi connectivity index (χ0) is 20.6. The van der Waals surface area contributed by atoms with Crippen LogP contribution in [0.1, 0.15) is 11.1 Å². The number of aromatic nitrogens is 1. The summed E-state index contributed by atoms with van der Waals surface area (Å²) < 4.78 is 5.40. The molecule has 0 bridgehead atoms. The molecule has 2 aromatic rings. The van der Waals surface area contributed by atoms with E-state index in [9.17, 15) is 0 Å². The van der Waals surface area contributed by atoms with Crippen LogP contribution >= 0.6 is 0 Å². The van der Waals surface area contributed by atoms with Crippen LogP contribution in [0.15, 0.2) is 42.1 Å². The van der Waals surface area contributed by atoms with Crippen molar-refractivity contribution < 1.29 is 4.74 Å². The molecule has 0 unspecified atom stereocenters. The number of pyridine rings is 1. The summed E-state index contributed by atoms with van der Waals surface area (Å²) >= 11 is 0. The third-order valence-corrected chi connectivity index (χ3v) is 4.79. The second-order valence-electron chi connectivity index (χ2n) is 6.80. The number of ether oxygens (including phenoxy) is 1. The lowest BCUT2D eigenvalue weighted by Gasteiger charge is -2.28. The molecule has 0 radical (unpaired) electrons. The first kappa shape index (κ1) is 20.4. The fourth-order valence-electron chi connectivity index (χ4n) is 3.20. The van der Waals surface area contributed by atoms with Crippen molar-refractivity contribution in [3.63, 3.8) is 0 Å². The number of hydrogen-bond acceptors (Lipinski definition) is 9. The van der Waals surface area contributed by atoms with E-state index in [1.54, 1.807) is 6.07 Å². The topological polar surface area (TPSA) is 151 Å². The summed E-state index contributed by atoms with van der Waals surface area (Å²) in [6.45, 7) is 4.05. The number of nitrogens with two attached hydrogens (primary N) is 3. The highest BCUT2D eigenvalue weighted by Gasteiger charge is 2.11. The van der Waals surface area contributed by atoms with Crippen LogP contribution in [0.2, 0.25) is 0 Å². The van der Waals surface area contributed by atoms with E-state index in [0.29, 0.717) is 30.3 Å². The van der Waals surface area contributed by atoms with Crippen molar-refractivity contribution in [2.24, 2.45) is 5.84 Å². The van der Waals surface area contributed by atoms with E-state index in [4.69, 9.17) is 27.5 Å². The molecule has 1 aliphatic rings. The van der Waals surface area contributed by atoms with E-state index < -0.39 is 0 Å². The lowest BCUT2D eigenvalue weighted by Crippen LogP contribution is -2.36. The Morgan fingerprint density at radius 2 is 1.93 bits per heavy atom. The highest BCUT2D eigenvalue weighted by Crippen LogP contribution is 2.24. The van der Waals surface area contributed by atoms with Crippen molar-refractivity contribution in [2.75, 3.05) is 48.1 Å².